The van der Waals surface area contributed by atoms with E-state index in [1.54, 1.807) is 0 Å². The third-order valence-corrected chi connectivity index (χ3v) is 12.7. The summed E-state index contributed by atoms with van der Waals surface area (Å²) in [6, 6.07) is 59.1. The van der Waals surface area contributed by atoms with Crippen LogP contribution < -0.4 is 0 Å². The molecule has 0 spiro atoms. The molecule has 0 amide bonds. The zero-order valence-corrected chi connectivity index (χ0v) is 30.5. The monoisotopic (exact) mass is 756 g/mol. The van der Waals surface area contributed by atoms with Gasteiger partial charge in [0.15, 0.2) is 0 Å². The van der Waals surface area contributed by atoms with E-state index in [1.807, 2.05) is 91.0 Å². The van der Waals surface area contributed by atoms with Crippen molar-refractivity contribution < 1.29 is 4.42 Å². The zero-order chi connectivity index (χ0) is 35.6. The van der Waals surface area contributed by atoms with Gasteiger partial charge in [0, 0.05) is 0 Å². The number of hydrogen-bond donors (Lipinski definition) is 0. The van der Waals surface area contributed by atoms with E-state index in [4.69, 9.17) is 24.4 Å². The summed E-state index contributed by atoms with van der Waals surface area (Å²) in [7, 11) is 0. The van der Waals surface area contributed by atoms with Crippen LogP contribution in [0.1, 0.15) is 0 Å². The molecule has 0 fully saturated rings. The Labute approximate surface area is 316 Å². The molecular weight excluding hydrogens is 728 g/mol. The summed E-state index contributed by atoms with van der Waals surface area (Å²) in [5.41, 5.74) is 7.77. The summed E-state index contributed by atoms with van der Waals surface area (Å²) in [6.45, 7) is 0. The van der Waals surface area contributed by atoms with Crippen LogP contribution in [0.5, 0.6) is 0 Å². The molecule has 0 aliphatic carbocycles. The number of oxazole rings is 1. The predicted octanol–water partition coefficient (Wildman–Crippen LogP) is 12.0. The van der Waals surface area contributed by atoms with Crippen molar-refractivity contribution in [1.82, 2.24) is 19.9 Å². The van der Waals surface area contributed by atoms with Crippen LogP contribution in [0.3, 0.4) is 0 Å². The molecule has 0 aliphatic rings. The topological polar surface area (TPSA) is 64.7 Å². The van der Waals surface area contributed by atoms with Crippen molar-refractivity contribution in [3.8, 4) is 56.7 Å². The molecule has 11 aromatic rings. The second kappa shape index (κ2) is 12.5. The Morgan fingerprint density at radius 2 is 1.04 bits per heavy atom. The van der Waals surface area contributed by atoms with Gasteiger partial charge in [0.1, 0.15) is 0 Å². The molecule has 54 heavy (non-hydrogen) atoms. The van der Waals surface area contributed by atoms with Gasteiger partial charge in [-0.3, -0.25) is 0 Å². The summed E-state index contributed by atoms with van der Waals surface area (Å²) in [6.07, 6.45) is 0. The predicted molar refractivity (Wildman–Crippen MR) is 222 cm³/mol. The Kier molecular flexibility index (Phi) is 7.12. The van der Waals surface area contributed by atoms with Crippen LogP contribution in [0.15, 0.2) is 174 Å². The SMILES string of the molecule is c1ccc(-c2nc(-c3ccccc3)nc(-c3ccc4c(-c5cccc6c5[se]c5ccccc56)cc5ccc6oc(-c7ccccc7)nc6c5c4c3)n2)cc1. The van der Waals surface area contributed by atoms with Crippen LogP contribution in [0.2, 0.25) is 0 Å². The van der Waals surface area contributed by atoms with Gasteiger partial charge in [-0.15, -0.1) is 0 Å². The maximum absolute atomic E-state index is 6.43. The van der Waals surface area contributed by atoms with Gasteiger partial charge in [0.2, 0.25) is 0 Å². The van der Waals surface area contributed by atoms with E-state index in [9.17, 15) is 0 Å². The minimum atomic E-state index is 0.191. The van der Waals surface area contributed by atoms with Gasteiger partial charge >= 0.3 is 275 Å². The van der Waals surface area contributed by atoms with E-state index in [2.05, 4.69) is 78.9 Å². The molecule has 5 nitrogen and oxygen atoms in total. The molecule has 3 aromatic heterocycles. The quantitative estimate of drug-likeness (QED) is 0.129. The molecular formula is C48H28N4OSe. The molecule has 0 atom stereocenters. The molecule has 0 bridgehead atoms. The number of nitrogens with zero attached hydrogens (tertiary/aromatic N) is 4. The Hall–Kier alpha value is -6.72. The second-order valence-corrected chi connectivity index (χ2v) is 15.6. The van der Waals surface area contributed by atoms with Gasteiger partial charge in [-0.25, -0.2) is 0 Å². The van der Waals surface area contributed by atoms with Crippen molar-refractivity contribution in [3.05, 3.63) is 170 Å². The van der Waals surface area contributed by atoms with Crippen LogP contribution in [-0.4, -0.2) is 34.4 Å². The summed E-state index contributed by atoms with van der Waals surface area (Å²) >= 11 is 0.191. The van der Waals surface area contributed by atoms with Crippen molar-refractivity contribution in [2.24, 2.45) is 0 Å². The van der Waals surface area contributed by atoms with Crippen LogP contribution in [0, 0.1) is 0 Å². The van der Waals surface area contributed by atoms with Crippen molar-refractivity contribution >= 4 is 66.4 Å². The summed E-state index contributed by atoms with van der Waals surface area (Å²) in [5, 5.41) is 7.03. The fourth-order valence-corrected chi connectivity index (χ4v) is 10.2. The van der Waals surface area contributed by atoms with E-state index in [1.165, 1.54) is 30.4 Å². The Bertz CT molecular complexity index is 3150. The molecule has 0 saturated carbocycles. The molecule has 11 rings (SSSR count). The summed E-state index contributed by atoms with van der Waals surface area (Å²) in [5.74, 6) is 2.47. The van der Waals surface area contributed by atoms with Crippen molar-refractivity contribution in [3.63, 3.8) is 0 Å². The Morgan fingerprint density at radius 3 is 1.76 bits per heavy atom. The zero-order valence-electron chi connectivity index (χ0n) is 28.8. The normalized spacial score (nSPS) is 11.7. The fourth-order valence-electron chi connectivity index (χ4n) is 7.60. The first-order valence-electron chi connectivity index (χ1n) is 17.9. The minimum absolute atomic E-state index is 0.191. The maximum atomic E-state index is 6.43. The van der Waals surface area contributed by atoms with E-state index in [0.29, 0.717) is 23.4 Å². The van der Waals surface area contributed by atoms with Gasteiger partial charge < -0.3 is 0 Å². The van der Waals surface area contributed by atoms with Crippen molar-refractivity contribution in [1.29, 1.82) is 0 Å². The molecule has 3 heterocycles. The number of hydrogen-bond acceptors (Lipinski definition) is 5. The van der Waals surface area contributed by atoms with Crippen LogP contribution in [0.25, 0.3) is 109 Å². The van der Waals surface area contributed by atoms with Gasteiger partial charge in [-0.2, -0.15) is 0 Å². The first kappa shape index (κ1) is 30.9. The first-order valence-corrected chi connectivity index (χ1v) is 19.6. The third-order valence-electron chi connectivity index (χ3n) is 10.1. The standard InChI is InChI=1S/C48H28N4OSe/c1-4-13-29(14-5-1)45-50-46(30-15-6-2-7-16-30)52-47(51-45)33-23-25-34-38(37-21-12-20-36-35-19-10-11-22-41(35)54-44(36)37)27-32-24-26-40-43(42(32)39(34)28-33)49-48(53-40)31-17-8-3-9-18-31/h1-28H. The molecule has 0 N–H and O–H groups in total. The molecule has 0 aliphatic heterocycles. The van der Waals surface area contributed by atoms with Crippen molar-refractivity contribution in [2.75, 3.05) is 0 Å². The van der Waals surface area contributed by atoms with Gasteiger partial charge in [-0.1, -0.05) is 42.5 Å². The van der Waals surface area contributed by atoms with Crippen LogP contribution >= 0.6 is 0 Å². The van der Waals surface area contributed by atoms with Crippen LogP contribution in [-0.2, 0) is 0 Å². The van der Waals surface area contributed by atoms with E-state index >= 15 is 0 Å². The fraction of sp³-hybridized carbons (Fsp3) is 0. The summed E-state index contributed by atoms with van der Waals surface area (Å²) < 4.78 is 9.27. The number of aromatic nitrogens is 4. The van der Waals surface area contributed by atoms with E-state index in [-0.39, 0.29) is 14.5 Å². The molecule has 0 radical (unpaired) electrons. The van der Waals surface area contributed by atoms with Crippen molar-refractivity contribution in [2.45, 2.75) is 0 Å². The molecule has 0 saturated heterocycles. The molecule has 8 aromatic carbocycles. The Morgan fingerprint density at radius 1 is 0.407 bits per heavy atom. The average molecular weight is 756 g/mol. The third kappa shape index (κ3) is 5.07. The number of benzene rings is 8. The number of fused-ring (bicyclic) bond motifs is 8. The molecule has 0 unspecified atom stereocenters. The summed E-state index contributed by atoms with van der Waals surface area (Å²) in [4.78, 5) is 20.3. The smallest absolute Gasteiger partial charge is 0.0615 e. The van der Waals surface area contributed by atoms with Crippen LogP contribution in [0.4, 0.5) is 0 Å². The number of rotatable bonds is 5. The van der Waals surface area contributed by atoms with E-state index < -0.39 is 0 Å². The second-order valence-electron chi connectivity index (χ2n) is 13.4. The molecule has 252 valence electrons. The Balaban J connectivity index is 1.21. The van der Waals surface area contributed by atoms with Gasteiger partial charge in [0.05, 0.1) is 0 Å². The van der Waals surface area contributed by atoms with Gasteiger partial charge in [0.25, 0.3) is 0 Å². The minimum Gasteiger partial charge on any atom is -0.0615 e. The van der Waals surface area contributed by atoms with E-state index in [0.717, 1.165) is 54.9 Å². The molecule has 6 heteroatoms. The average Bonchev–Trinajstić information content (AvgIpc) is 3.86. The van der Waals surface area contributed by atoms with Gasteiger partial charge in [-0.05, 0) is 0 Å². The first-order chi connectivity index (χ1) is 26.7.